The van der Waals surface area contributed by atoms with Gasteiger partial charge < -0.3 is 9.64 Å². The Kier molecular flexibility index (Phi) is 7.23. The van der Waals surface area contributed by atoms with Gasteiger partial charge in [0.25, 0.3) is 0 Å². The molecule has 0 amide bonds. The maximum absolute atomic E-state index is 6.10. The van der Waals surface area contributed by atoms with E-state index in [-0.39, 0.29) is 6.23 Å². The van der Waals surface area contributed by atoms with Crippen LogP contribution in [0.5, 0.6) is 0 Å². The molecule has 3 heterocycles. The van der Waals surface area contributed by atoms with E-state index in [0.717, 1.165) is 18.7 Å². The quantitative estimate of drug-likeness (QED) is 0.702. The Labute approximate surface area is 160 Å². The summed E-state index contributed by atoms with van der Waals surface area (Å²) in [6.07, 6.45) is 15.3. The Balaban J connectivity index is 1.04. The van der Waals surface area contributed by atoms with E-state index in [1.54, 1.807) is 0 Å². The van der Waals surface area contributed by atoms with Gasteiger partial charge in [-0.2, -0.15) is 0 Å². The van der Waals surface area contributed by atoms with Gasteiger partial charge in [-0.15, -0.1) is 0 Å². The second-order valence-electron chi connectivity index (χ2n) is 8.94. The maximum Gasteiger partial charge on any atom is 0.122 e. The first kappa shape index (κ1) is 19.1. The lowest BCUT2D eigenvalue weighted by molar-refractivity contribution is 0.0117. The zero-order valence-electron chi connectivity index (χ0n) is 16.7. The van der Waals surface area contributed by atoms with Crippen LogP contribution in [0.15, 0.2) is 0 Å². The molecule has 2 atom stereocenters. The zero-order valence-corrected chi connectivity index (χ0v) is 16.7. The van der Waals surface area contributed by atoms with Crippen LogP contribution >= 0.6 is 0 Å². The largest absolute Gasteiger partial charge is 0.362 e. The summed E-state index contributed by atoms with van der Waals surface area (Å²) < 4.78 is 6.10. The van der Waals surface area contributed by atoms with Crippen LogP contribution in [0.1, 0.15) is 70.6 Å². The van der Waals surface area contributed by atoms with E-state index < -0.39 is 0 Å². The Bertz CT molecular complexity index is 393. The Morgan fingerprint density at radius 1 is 0.769 bits per heavy atom. The molecular weight excluding hydrogens is 324 g/mol. The minimum atomic E-state index is 0.275. The summed E-state index contributed by atoms with van der Waals surface area (Å²) in [5, 5.41) is 2.43. The van der Waals surface area contributed by atoms with Gasteiger partial charge in [-0.05, 0) is 45.1 Å². The van der Waals surface area contributed by atoms with E-state index >= 15 is 0 Å². The maximum atomic E-state index is 6.10. The fourth-order valence-corrected chi connectivity index (χ4v) is 5.47. The normalized spacial score (nSPS) is 32.8. The lowest BCUT2D eigenvalue weighted by Gasteiger charge is -2.40. The molecule has 4 fully saturated rings. The van der Waals surface area contributed by atoms with Crippen LogP contribution in [0.25, 0.3) is 0 Å². The Morgan fingerprint density at radius 3 is 2.35 bits per heavy atom. The van der Waals surface area contributed by atoms with E-state index in [9.17, 15) is 0 Å². The van der Waals surface area contributed by atoms with Gasteiger partial charge in [0, 0.05) is 57.8 Å². The highest BCUT2D eigenvalue weighted by atomic mass is 16.5. The predicted octanol–water partition coefficient (Wildman–Crippen LogP) is 2.82. The molecule has 1 N–H and O–H groups in total. The van der Waals surface area contributed by atoms with Crippen LogP contribution in [-0.2, 0) is 4.74 Å². The second-order valence-corrected chi connectivity index (χ2v) is 8.94. The van der Waals surface area contributed by atoms with Crippen molar-refractivity contribution in [1.82, 2.24) is 20.2 Å². The molecule has 150 valence electrons. The Hall–Kier alpha value is -0.200. The molecule has 3 saturated heterocycles. The standard InChI is InChI=1S/C21H40N4O/c1-2-8-19(9-3-1)24-15-13-23(14-16-24)11-6-7-17-26-21-18-20-10-4-5-12-25(20)22-21/h19-22H,1-18H2. The summed E-state index contributed by atoms with van der Waals surface area (Å²) in [4.78, 5) is 5.45. The van der Waals surface area contributed by atoms with E-state index in [0.29, 0.717) is 0 Å². The summed E-state index contributed by atoms with van der Waals surface area (Å²) in [5.41, 5.74) is 3.56. The fourth-order valence-electron chi connectivity index (χ4n) is 5.47. The molecule has 0 aromatic heterocycles. The number of piperazine rings is 1. The summed E-state index contributed by atoms with van der Waals surface area (Å²) in [6, 6.07) is 1.63. The number of nitrogens with one attached hydrogen (secondary N) is 1. The monoisotopic (exact) mass is 364 g/mol. The van der Waals surface area contributed by atoms with Gasteiger partial charge >= 0.3 is 0 Å². The van der Waals surface area contributed by atoms with E-state index in [2.05, 4.69) is 20.2 Å². The van der Waals surface area contributed by atoms with Crippen LogP contribution in [0.4, 0.5) is 0 Å². The molecule has 26 heavy (non-hydrogen) atoms. The number of rotatable bonds is 7. The highest BCUT2D eigenvalue weighted by molar-refractivity contribution is 4.83. The molecule has 0 radical (unpaired) electrons. The topological polar surface area (TPSA) is 31.0 Å². The van der Waals surface area contributed by atoms with Crippen molar-refractivity contribution in [1.29, 1.82) is 0 Å². The fraction of sp³-hybridized carbons (Fsp3) is 1.00. The summed E-state index contributed by atoms with van der Waals surface area (Å²) in [7, 11) is 0. The van der Waals surface area contributed by atoms with Crippen LogP contribution in [0, 0.1) is 0 Å². The second kappa shape index (κ2) is 9.83. The average molecular weight is 365 g/mol. The molecule has 4 rings (SSSR count). The zero-order chi connectivity index (χ0) is 17.6. The molecule has 2 unspecified atom stereocenters. The lowest BCUT2D eigenvalue weighted by Crippen LogP contribution is -2.50. The number of hydrogen-bond donors (Lipinski definition) is 1. The highest BCUT2D eigenvalue weighted by Gasteiger charge is 2.33. The SMILES string of the molecule is C1CCC(N2CCN(CCCCOC3CC4CCCCN4N3)CC2)CC1. The third-order valence-corrected chi connectivity index (χ3v) is 7.11. The molecule has 0 bridgehead atoms. The molecule has 3 aliphatic heterocycles. The highest BCUT2D eigenvalue weighted by Crippen LogP contribution is 2.25. The van der Waals surface area contributed by atoms with E-state index in [4.69, 9.17) is 4.74 Å². The minimum absolute atomic E-state index is 0.275. The first-order valence-electron chi connectivity index (χ1n) is 11.5. The number of ether oxygens (including phenoxy) is 1. The lowest BCUT2D eigenvalue weighted by atomic mass is 9.94. The van der Waals surface area contributed by atoms with Crippen molar-refractivity contribution in [3.05, 3.63) is 0 Å². The van der Waals surface area contributed by atoms with Crippen LogP contribution in [0.3, 0.4) is 0 Å². The van der Waals surface area contributed by atoms with Gasteiger partial charge in [-0.25, -0.2) is 10.4 Å². The predicted molar refractivity (Wildman–Crippen MR) is 106 cm³/mol. The van der Waals surface area contributed by atoms with Gasteiger partial charge in [-0.3, -0.25) is 4.90 Å². The summed E-state index contributed by atoms with van der Waals surface area (Å²) in [6.45, 7) is 8.53. The summed E-state index contributed by atoms with van der Waals surface area (Å²) in [5.74, 6) is 0. The van der Waals surface area contributed by atoms with E-state index in [1.165, 1.54) is 110 Å². The third-order valence-electron chi connectivity index (χ3n) is 7.11. The van der Waals surface area contributed by atoms with Crippen molar-refractivity contribution < 1.29 is 4.74 Å². The molecular formula is C21H40N4O. The molecule has 5 nitrogen and oxygen atoms in total. The first-order valence-corrected chi connectivity index (χ1v) is 11.5. The molecule has 0 spiro atoms. The molecule has 0 aromatic rings. The van der Waals surface area contributed by atoms with Gasteiger partial charge in [0.05, 0.1) is 0 Å². The van der Waals surface area contributed by atoms with Gasteiger partial charge in [0.15, 0.2) is 0 Å². The number of fused-ring (bicyclic) bond motifs is 1. The minimum Gasteiger partial charge on any atom is -0.362 e. The van der Waals surface area contributed by atoms with Gasteiger partial charge in [0.1, 0.15) is 6.23 Å². The Morgan fingerprint density at radius 2 is 1.54 bits per heavy atom. The van der Waals surface area contributed by atoms with Crippen LogP contribution < -0.4 is 5.43 Å². The molecule has 4 aliphatic rings. The van der Waals surface area contributed by atoms with Gasteiger partial charge in [0.2, 0.25) is 0 Å². The smallest absolute Gasteiger partial charge is 0.122 e. The van der Waals surface area contributed by atoms with Crippen molar-refractivity contribution in [2.24, 2.45) is 0 Å². The molecule has 1 aliphatic carbocycles. The van der Waals surface area contributed by atoms with Gasteiger partial charge in [-0.1, -0.05) is 25.7 Å². The molecule has 5 heteroatoms. The van der Waals surface area contributed by atoms with Crippen molar-refractivity contribution in [2.45, 2.75) is 88.9 Å². The molecule has 0 aromatic carbocycles. The molecule has 1 saturated carbocycles. The van der Waals surface area contributed by atoms with E-state index in [1.807, 2.05) is 0 Å². The number of hydrogen-bond acceptors (Lipinski definition) is 5. The number of nitrogens with zero attached hydrogens (tertiary/aromatic N) is 3. The summed E-state index contributed by atoms with van der Waals surface area (Å²) >= 11 is 0. The first-order chi connectivity index (χ1) is 12.9. The number of piperidine rings is 1. The van der Waals surface area contributed by atoms with Crippen molar-refractivity contribution >= 4 is 0 Å². The average Bonchev–Trinajstić information content (AvgIpc) is 3.12. The number of unbranched alkanes of at least 4 members (excludes halogenated alkanes) is 1. The number of hydrazine groups is 1. The van der Waals surface area contributed by atoms with Crippen LogP contribution in [-0.4, -0.2) is 79.0 Å². The van der Waals surface area contributed by atoms with Crippen molar-refractivity contribution in [3.8, 4) is 0 Å². The van der Waals surface area contributed by atoms with Crippen molar-refractivity contribution in [3.63, 3.8) is 0 Å². The van der Waals surface area contributed by atoms with Crippen LogP contribution in [0.2, 0.25) is 0 Å². The van der Waals surface area contributed by atoms with Crippen molar-refractivity contribution in [2.75, 3.05) is 45.9 Å². The third kappa shape index (κ3) is 5.20.